The molecule has 2 unspecified atom stereocenters. The third-order valence-electron chi connectivity index (χ3n) is 8.01. The second-order valence-electron chi connectivity index (χ2n) is 9.08. The molecule has 27 heavy (non-hydrogen) atoms. The lowest BCUT2D eigenvalue weighted by Gasteiger charge is -2.49. The minimum Gasteiger partial charge on any atom is -0.508 e. The van der Waals surface area contributed by atoms with Gasteiger partial charge in [0.2, 0.25) is 0 Å². The van der Waals surface area contributed by atoms with Gasteiger partial charge in [-0.2, -0.15) is 0 Å². The minimum atomic E-state index is 0.235. The summed E-state index contributed by atoms with van der Waals surface area (Å²) < 4.78 is 6.66. The lowest BCUT2D eigenvalue weighted by Crippen LogP contribution is -2.45. The highest BCUT2D eigenvalue weighted by atomic mass is 16.5. The zero-order valence-electron chi connectivity index (χ0n) is 16.2. The fourth-order valence-electron chi connectivity index (χ4n) is 6.90. The summed E-state index contributed by atoms with van der Waals surface area (Å²) >= 11 is 0. The van der Waals surface area contributed by atoms with Gasteiger partial charge < -0.3 is 9.84 Å². The van der Waals surface area contributed by atoms with Crippen LogP contribution in [0.3, 0.4) is 0 Å². The molecule has 2 heteroatoms. The van der Waals surface area contributed by atoms with Gasteiger partial charge in [-0.1, -0.05) is 24.8 Å². The largest absolute Gasteiger partial charge is 0.508 e. The Morgan fingerprint density at radius 2 is 2.15 bits per heavy atom. The highest BCUT2D eigenvalue weighted by Crippen LogP contribution is 2.75. The summed E-state index contributed by atoms with van der Waals surface area (Å²) in [5.74, 6) is 4.37. The summed E-state index contributed by atoms with van der Waals surface area (Å²) in [5.41, 5.74) is 3.33. The van der Waals surface area contributed by atoms with Crippen molar-refractivity contribution in [1.29, 1.82) is 0 Å². The van der Waals surface area contributed by atoms with E-state index >= 15 is 0 Å². The molecular formula is C25H30O2. The lowest BCUT2D eigenvalue weighted by molar-refractivity contribution is -0.0259. The zero-order chi connectivity index (χ0) is 18.6. The van der Waals surface area contributed by atoms with Gasteiger partial charge >= 0.3 is 0 Å². The molecule has 2 nitrogen and oxygen atoms in total. The van der Waals surface area contributed by atoms with Crippen LogP contribution in [0.4, 0.5) is 0 Å². The van der Waals surface area contributed by atoms with E-state index in [2.05, 4.69) is 18.7 Å². The van der Waals surface area contributed by atoms with Crippen molar-refractivity contribution >= 4 is 0 Å². The van der Waals surface area contributed by atoms with E-state index in [0.29, 0.717) is 17.1 Å². The molecule has 0 aromatic heterocycles. The van der Waals surface area contributed by atoms with Gasteiger partial charge in [-0.3, -0.25) is 0 Å². The molecule has 4 aliphatic rings. The number of hydrogen-bond acceptors (Lipinski definition) is 2. The number of aromatic hydroxyl groups is 1. The number of hydrogen-bond donors (Lipinski definition) is 1. The van der Waals surface area contributed by atoms with E-state index in [-0.39, 0.29) is 6.10 Å². The van der Waals surface area contributed by atoms with Crippen molar-refractivity contribution in [1.82, 2.24) is 0 Å². The van der Waals surface area contributed by atoms with Gasteiger partial charge in [0, 0.05) is 5.92 Å². The summed E-state index contributed by atoms with van der Waals surface area (Å²) in [4.78, 5) is 0. The van der Waals surface area contributed by atoms with Gasteiger partial charge in [0.15, 0.2) is 0 Å². The highest BCUT2D eigenvalue weighted by Gasteiger charge is 2.68. The van der Waals surface area contributed by atoms with Gasteiger partial charge in [0.1, 0.15) is 17.6 Å². The van der Waals surface area contributed by atoms with Crippen LogP contribution in [-0.4, -0.2) is 11.2 Å². The molecule has 0 bridgehead atoms. The van der Waals surface area contributed by atoms with Crippen LogP contribution >= 0.6 is 0 Å². The molecule has 1 aromatic rings. The van der Waals surface area contributed by atoms with Crippen LogP contribution in [0.2, 0.25) is 0 Å². The van der Waals surface area contributed by atoms with E-state index in [1.54, 1.807) is 6.08 Å². The Morgan fingerprint density at radius 1 is 1.26 bits per heavy atom. The number of allylic oxidation sites excluding steroid dienone is 4. The predicted octanol–water partition coefficient (Wildman–Crippen LogP) is 5.89. The second kappa shape index (κ2) is 6.29. The van der Waals surface area contributed by atoms with Crippen molar-refractivity contribution in [3.63, 3.8) is 0 Å². The van der Waals surface area contributed by atoms with Gasteiger partial charge in [0.25, 0.3) is 0 Å². The maximum Gasteiger partial charge on any atom is 0.115 e. The molecular weight excluding hydrogens is 332 g/mol. The van der Waals surface area contributed by atoms with Crippen LogP contribution in [0.1, 0.15) is 56.1 Å². The van der Waals surface area contributed by atoms with Crippen molar-refractivity contribution < 1.29 is 9.84 Å². The fraction of sp³-hybridized carbons (Fsp3) is 0.520. The maximum atomic E-state index is 9.97. The molecule has 4 aliphatic carbocycles. The summed E-state index contributed by atoms with van der Waals surface area (Å²) in [6.45, 7) is 5.83. The topological polar surface area (TPSA) is 29.5 Å². The van der Waals surface area contributed by atoms with Gasteiger partial charge in [0.05, 0.1) is 0 Å². The molecule has 142 valence electrons. The average molecular weight is 363 g/mol. The standard InChI is InChI=1S/C25H30O2/c1-3-5-6-19(4-2)27-23-15-25-14-17(25)8-12-22(25)21-10-7-16-13-18(26)9-11-20(16)24(21)23/h3-6,9,11,13,17,21-24,26H,1,7-8,10,12,14-15H2,2H3/b6-5-,19-4+/t17-,21?,22?,23+,24-,25-/m1/s1. The Bertz CT molecular complexity index is 820. The lowest BCUT2D eigenvalue weighted by atomic mass is 9.57. The maximum absolute atomic E-state index is 9.97. The van der Waals surface area contributed by atoms with Crippen molar-refractivity contribution in [2.75, 3.05) is 0 Å². The van der Waals surface area contributed by atoms with E-state index in [0.717, 1.165) is 29.9 Å². The summed E-state index contributed by atoms with van der Waals surface area (Å²) in [5, 5.41) is 9.97. The minimum absolute atomic E-state index is 0.235. The third-order valence-corrected chi connectivity index (χ3v) is 8.01. The van der Waals surface area contributed by atoms with E-state index in [9.17, 15) is 5.11 Å². The number of fused-ring (bicyclic) bond motifs is 4. The molecule has 0 amide bonds. The zero-order valence-corrected chi connectivity index (χ0v) is 16.2. The molecule has 1 aromatic carbocycles. The molecule has 5 rings (SSSR count). The Morgan fingerprint density at radius 3 is 2.93 bits per heavy atom. The van der Waals surface area contributed by atoms with Crippen LogP contribution in [0.5, 0.6) is 5.75 Å². The van der Waals surface area contributed by atoms with Crippen LogP contribution in [-0.2, 0) is 11.2 Å². The first-order valence-corrected chi connectivity index (χ1v) is 10.6. The van der Waals surface area contributed by atoms with Gasteiger partial charge in [-0.05, 0) is 104 Å². The summed E-state index contributed by atoms with van der Waals surface area (Å²) in [7, 11) is 0. The Labute approximate surface area is 162 Å². The van der Waals surface area contributed by atoms with Crippen LogP contribution in [0.25, 0.3) is 0 Å². The molecule has 0 saturated heterocycles. The smallest absolute Gasteiger partial charge is 0.115 e. The van der Waals surface area contributed by atoms with Gasteiger partial charge in [-0.15, -0.1) is 0 Å². The van der Waals surface area contributed by atoms with Crippen molar-refractivity contribution in [2.24, 2.45) is 23.2 Å². The third kappa shape index (κ3) is 2.60. The number of phenols is 1. The van der Waals surface area contributed by atoms with Gasteiger partial charge in [-0.25, -0.2) is 0 Å². The molecule has 3 fully saturated rings. The second-order valence-corrected chi connectivity index (χ2v) is 9.08. The normalized spacial score (nSPS) is 39.3. The predicted molar refractivity (Wildman–Crippen MR) is 109 cm³/mol. The Kier molecular flexibility index (Phi) is 4.00. The molecule has 1 spiro atoms. The molecule has 0 radical (unpaired) electrons. The number of aryl methyl sites for hydroxylation is 1. The molecule has 0 heterocycles. The highest BCUT2D eigenvalue weighted by molar-refractivity contribution is 5.41. The Balaban J connectivity index is 1.53. The molecule has 3 saturated carbocycles. The quantitative estimate of drug-likeness (QED) is 0.534. The fourth-order valence-corrected chi connectivity index (χ4v) is 6.90. The van der Waals surface area contributed by atoms with Crippen molar-refractivity contribution in [3.05, 3.63) is 66.0 Å². The number of ether oxygens (including phenoxy) is 1. The van der Waals surface area contributed by atoms with Crippen molar-refractivity contribution in [2.45, 2.75) is 57.5 Å². The summed E-state index contributed by atoms with van der Waals surface area (Å²) in [6, 6.07) is 6.02. The first kappa shape index (κ1) is 17.2. The molecule has 6 atom stereocenters. The Hall–Kier alpha value is -1.96. The van der Waals surface area contributed by atoms with E-state index in [1.165, 1.54) is 43.2 Å². The molecule has 0 aliphatic heterocycles. The van der Waals surface area contributed by atoms with E-state index in [4.69, 9.17) is 4.74 Å². The van der Waals surface area contributed by atoms with E-state index in [1.807, 2.05) is 31.2 Å². The number of rotatable bonds is 4. The first-order valence-electron chi connectivity index (χ1n) is 10.6. The SMILES string of the molecule is C=C/C=C\C(=C/C)O[C@H]1C[C@]23C[C@H]2CCC3C2CCc3cc(O)ccc3[C@H]21. The monoisotopic (exact) mass is 362 g/mol. The first-order chi connectivity index (χ1) is 13.2. The van der Waals surface area contributed by atoms with E-state index < -0.39 is 0 Å². The summed E-state index contributed by atoms with van der Waals surface area (Å²) in [6.07, 6.45) is 15.9. The molecule has 1 N–H and O–H groups in total. The number of benzene rings is 1. The van der Waals surface area contributed by atoms with Crippen LogP contribution < -0.4 is 0 Å². The number of phenolic OH excluding ortho intramolecular Hbond substituents is 1. The average Bonchev–Trinajstić information content (AvgIpc) is 3.25. The van der Waals surface area contributed by atoms with Crippen LogP contribution in [0.15, 0.2) is 54.8 Å². The van der Waals surface area contributed by atoms with Crippen LogP contribution in [0, 0.1) is 23.2 Å². The van der Waals surface area contributed by atoms with Crippen molar-refractivity contribution in [3.8, 4) is 5.75 Å².